The highest BCUT2D eigenvalue weighted by Gasteiger charge is 2.52. The summed E-state index contributed by atoms with van der Waals surface area (Å²) in [5, 5.41) is 10.3. The van der Waals surface area contributed by atoms with Crippen molar-refractivity contribution >= 4 is 76.6 Å². The van der Waals surface area contributed by atoms with E-state index in [0.717, 1.165) is 27.5 Å². The van der Waals surface area contributed by atoms with Crippen molar-refractivity contribution in [3.8, 4) is 0 Å². The number of rotatable bonds is 8. The van der Waals surface area contributed by atoms with Crippen molar-refractivity contribution in [2.24, 2.45) is 29.6 Å². The number of nitrogens with zero attached hydrogens (tertiary/aromatic N) is 7. The summed E-state index contributed by atoms with van der Waals surface area (Å²) >= 11 is 6.36. The topological polar surface area (TPSA) is 259 Å². The van der Waals surface area contributed by atoms with E-state index in [1.807, 2.05) is 6.92 Å². The molecule has 4 aliphatic carbocycles. The van der Waals surface area contributed by atoms with Gasteiger partial charge in [0.1, 0.15) is 60.2 Å². The van der Waals surface area contributed by atoms with Gasteiger partial charge in [-0.05, 0) is 147 Å². The van der Waals surface area contributed by atoms with Crippen LogP contribution in [0.15, 0.2) is 0 Å². The van der Waals surface area contributed by atoms with Gasteiger partial charge >= 0.3 is 6.18 Å². The van der Waals surface area contributed by atoms with Crippen LogP contribution in [0, 0.1) is 29.6 Å². The van der Waals surface area contributed by atoms with E-state index < -0.39 is 174 Å². The maximum atomic E-state index is 15.2. The second-order valence-corrected chi connectivity index (χ2v) is 28.7. The fraction of sp³-hybridized carbons (Fsp3) is 0.831. The first-order chi connectivity index (χ1) is 43.8. The molecule has 3 heterocycles. The minimum atomic E-state index is -4.52. The van der Waals surface area contributed by atoms with Gasteiger partial charge in [-0.1, -0.05) is 46.0 Å². The maximum absolute atomic E-state index is 15.2. The molecule has 22 nitrogen and oxygen atoms in total. The predicted octanol–water partition coefficient (Wildman–Crippen LogP) is 5.16. The van der Waals surface area contributed by atoms with Gasteiger partial charge in [-0.3, -0.25) is 52.7 Å². The van der Waals surface area contributed by atoms with Gasteiger partial charge in [0.15, 0.2) is 0 Å². The molecule has 4 saturated carbocycles. The van der Waals surface area contributed by atoms with Crippen LogP contribution >= 0.6 is 11.6 Å². The third kappa shape index (κ3) is 18.0. The molecule has 0 aromatic rings. The number of amides is 11. The van der Waals surface area contributed by atoms with Crippen molar-refractivity contribution in [1.29, 1.82) is 0 Å². The number of hydrogen-bond donors (Lipinski definition) is 4. The van der Waals surface area contributed by atoms with Crippen molar-refractivity contribution in [1.82, 2.24) is 55.6 Å². The van der Waals surface area contributed by atoms with Gasteiger partial charge in [0.2, 0.25) is 65.0 Å². The molecule has 7 aliphatic rings. The van der Waals surface area contributed by atoms with Crippen molar-refractivity contribution in [2.45, 2.75) is 253 Å². The monoisotopic (exact) mass is 1340 g/mol. The number of halogens is 6. The highest BCUT2D eigenvalue weighted by molar-refractivity contribution is 6.20. The van der Waals surface area contributed by atoms with Crippen LogP contribution in [0.25, 0.3) is 0 Å². The number of likely N-dealkylation sites (N-methyl/N-ethyl adjacent to an activating group) is 5. The van der Waals surface area contributed by atoms with Gasteiger partial charge in [0.25, 0.3) is 0 Å². The molecule has 3 saturated heterocycles. The molecular formula is C65H101ClF5N11O11. The Morgan fingerprint density at radius 1 is 0.602 bits per heavy atom. The van der Waals surface area contributed by atoms with Crippen molar-refractivity contribution in [3.05, 3.63) is 0 Å². The minimum absolute atomic E-state index is 0.0248. The summed E-state index contributed by atoms with van der Waals surface area (Å²) in [6.45, 7) is 5.61. The quantitative estimate of drug-likeness (QED) is 0.182. The number of alkyl halides is 6. The van der Waals surface area contributed by atoms with Gasteiger partial charge in [-0.25, -0.2) is 8.78 Å². The standard InChI is InChI=1S/C65H101ClF5N11O11/c1-10-37(2)54-62(92)77(6)36-53(85)81-29-16-20-49(81)61(91)79(8)50(34-41-22-25-45(67)46(68)33-41)60(90)76(5)35-51(83)73-47(26-23-40-21-24-43(44(66)32-40)65(69,70)71)59(89)82-30-15-19-48(82)57(87)75-64(27-13-14-28-64)63(93)80(9)55(42-17-11-12-18-42)58(88)72-38(3)31-52(84)78(7)39(4)56(86)74-54/h37-50,54-55H,10-36H2,1-9H3,(H,72,88)(H,73,83)(H,74,86)(H,75,87)/t37-,38+,39-,40?,41?,43?,44?,45?,46?,47-,48-,49?,50-,54-,55-/m0/s1. The number of carbonyl (C=O) groups excluding carboxylic acids is 11. The zero-order valence-corrected chi connectivity index (χ0v) is 56.5. The fourth-order valence-electron chi connectivity index (χ4n) is 15.5. The zero-order valence-electron chi connectivity index (χ0n) is 55.7. The second kappa shape index (κ2) is 32.2. The van der Waals surface area contributed by atoms with Crippen LogP contribution in [0.4, 0.5) is 22.0 Å². The number of hydrogen-bond acceptors (Lipinski definition) is 11. The molecule has 7 rings (SSSR count). The summed E-state index contributed by atoms with van der Waals surface area (Å²) in [5.41, 5.74) is -1.49. The van der Waals surface area contributed by atoms with E-state index in [1.54, 1.807) is 13.8 Å². The Kier molecular flexibility index (Phi) is 25.8. The van der Waals surface area contributed by atoms with E-state index in [-0.39, 0.29) is 115 Å². The molecule has 7 fully saturated rings. The molecule has 0 radical (unpaired) electrons. The minimum Gasteiger partial charge on any atom is -0.351 e. The van der Waals surface area contributed by atoms with Crippen LogP contribution in [-0.4, -0.2) is 238 Å². The molecule has 3 aliphatic heterocycles. The fourth-order valence-corrected chi connectivity index (χ4v) is 16.0. The van der Waals surface area contributed by atoms with Crippen molar-refractivity contribution < 1.29 is 74.7 Å². The van der Waals surface area contributed by atoms with E-state index in [4.69, 9.17) is 11.6 Å². The Labute approximate surface area is 548 Å². The molecule has 1 spiro atoms. The van der Waals surface area contributed by atoms with E-state index in [1.165, 1.54) is 61.8 Å². The van der Waals surface area contributed by atoms with E-state index in [2.05, 4.69) is 21.3 Å². The first-order valence-electron chi connectivity index (χ1n) is 33.9. The lowest BCUT2D eigenvalue weighted by molar-refractivity contribution is -0.182. The lowest BCUT2D eigenvalue weighted by Gasteiger charge is -2.40. The molecule has 0 aromatic carbocycles. The third-order valence-corrected chi connectivity index (χ3v) is 22.0. The van der Waals surface area contributed by atoms with Crippen LogP contribution < -0.4 is 21.3 Å². The summed E-state index contributed by atoms with van der Waals surface area (Å²) in [7, 11) is 6.97. The Balaban J connectivity index is 1.22. The molecule has 7 unspecified atom stereocenters. The first kappa shape index (κ1) is 74.5. The molecular weight excluding hydrogens is 1240 g/mol. The molecule has 0 bridgehead atoms. The Bertz CT molecular complexity index is 2720. The molecule has 4 N–H and O–H groups in total. The van der Waals surface area contributed by atoms with Gasteiger partial charge in [-0.15, -0.1) is 11.6 Å². The van der Waals surface area contributed by atoms with Gasteiger partial charge in [-0.2, -0.15) is 13.2 Å². The number of nitrogens with one attached hydrogen (secondary N) is 4. The van der Waals surface area contributed by atoms with Crippen LogP contribution in [0.2, 0.25) is 0 Å². The highest BCUT2D eigenvalue weighted by Crippen LogP contribution is 2.44. The predicted molar refractivity (Wildman–Crippen MR) is 334 cm³/mol. The van der Waals surface area contributed by atoms with Gasteiger partial charge in [0, 0.05) is 66.2 Å². The van der Waals surface area contributed by atoms with Crippen LogP contribution in [0.1, 0.15) is 175 Å². The maximum Gasteiger partial charge on any atom is 0.393 e. The molecule has 11 amide bonds. The molecule has 15 atom stereocenters. The first-order valence-corrected chi connectivity index (χ1v) is 34.3. The summed E-state index contributed by atoms with van der Waals surface area (Å²) in [4.78, 5) is 169. The molecule has 93 heavy (non-hydrogen) atoms. The molecule has 524 valence electrons. The summed E-state index contributed by atoms with van der Waals surface area (Å²) < 4.78 is 71.5. The summed E-state index contributed by atoms with van der Waals surface area (Å²) in [5.74, 6) is -10.5. The van der Waals surface area contributed by atoms with Gasteiger partial charge in [0.05, 0.1) is 19.0 Å². The number of carbonyl (C=O) groups is 11. The van der Waals surface area contributed by atoms with Crippen LogP contribution in [0.5, 0.6) is 0 Å². The number of fused-ring (bicyclic) bond motifs is 2. The second-order valence-electron chi connectivity index (χ2n) is 28.1. The average Bonchev–Trinajstić information content (AvgIpc) is 1.73. The molecule has 28 heteroatoms. The Morgan fingerprint density at radius 3 is 1.85 bits per heavy atom. The van der Waals surface area contributed by atoms with E-state index in [9.17, 15) is 60.7 Å². The van der Waals surface area contributed by atoms with Crippen LogP contribution in [-0.2, 0) is 52.7 Å². The Morgan fingerprint density at radius 2 is 1.23 bits per heavy atom. The average molecular weight is 1340 g/mol. The van der Waals surface area contributed by atoms with Crippen molar-refractivity contribution in [3.63, 3.8) is 0 Å². The third-order valence-electron chi connectivity index (χ3n) is 21.5. The van der Waals surface area contributed by atoms with Crippen LogP contribution in [0.3, 0.4) is 0 Å². The lowest BCUT2D eigenvalue weighted by atomic mass is 9.78. The lowest BCUT2D eigenvalue weighted by Crippen LogP contribution is -2.64. The normalized spacial score (nSPS) is 33.8. The van der Waals surface area contributed by atoms with E-state index >= 15 is 14.0 Å². The largest absolute Gasteiger partial charge is 0.393 e. The summed E-state index contributed by atoms with van der Waals surface area (Å²) in [6.07, 6.45) is -3.00. The Hall–Kier alpha value is -5.89. The summed E-state index contributed by atoms with van der Waals surface area (Å²) in [6, 6.07) is -9.15. The SMILES string of the molecule is CC[C@H](C)[C@@H]1NC(=O)[C@H](C)N(C)C(=O)C[C@@H](C)NC(=O)[C@H](C2CCCC2)N(C)C(=O)C2(CCCC2)NC(=O)[C@@H]2CCCN2C(=O)[C@H](CCC2CCC(C(F)(F)F)C(Cl)C2)NC(=O)CN(C)C(=O)[C@H](CC2CCC(F)C(F)C2)N(C)C(=O)C2CCCN2C(=O)CN(C)C1=O. The van der Waals surface area contributed by atoms with E-state index in [0.29, 0.717) is 44.9 Å². The smallest absolute Gasteiger partial charge is 0.351 e. The molecule has 0 aromatic heterocycles. The zero-order chi connectivity index (χ0) is 68.6. The highest BCUT2D eigenvalue weighted by atomic mass is 35.5. The van der Waals surface area contributed by atoms with Crippen molar-refractivity contribution in [2.75, 3.05) is 61.4 Å². The van der Waals surface area contributed by atoms with Gasteiger partial charge < -0.3 is 55.6 Å².